The molecular formula is C21H21ClN6O. The molecule has 0 saturated heterocycles. The minimum Gasteiger partial charge on any atom is -0.334 e. The number of aryl methyl sites for hydroxylation is 1. The number of hydrogen-bond donors (Lipinski definition) is 1. The molecular weight excluding hydrogens is 388 g/mol. The number of nitrogens with zero attached hydrogens (tertiary/aromatic N) is 5. The number of benzene rings is 2. The van der Waals surface area contributed by atoms with Crippen LogP contribution in [0.15, 0.2) is 54.1 Å². The number of tetrazole rings is 1. The predicted molar refractivity (Wildman–Crippen MR) is 114 cm³/mol. The van der Waals surface area contributed by atoms with E-state index in [2.05, 4.69) is 32.6 Å². The van der Waals surface area contributed by atoms with Crippen LogP contribution < -0.4 is 10.2 Å². The first-order valence-electron chi connectivity index (χ1n) is 9.35. The van der Waals surface area contributed by atoms with Crippen molar-refractivity contribution in [3.8, 4) is 0 Å². The zero-order chi connectivity index (χ0) is 20.4. The van der Waals surface area contributed by atoms with Crippen molar-refractivity contribution in [2.45, 2.75) is 13.3 Å². The third-order valence-corrected chi connectivity index (χ3v) is 5.34. The average Bonchev–Trinajstić information content (AvgIpc) is 3.16. The molecule has 7 nitrogen and oxygen atoms in total. The fourth-order valence-corrected chi connectivity index (χ4v) is 3.59. The molecule has 8 heteroatoms. The largest absolute Gasteiger partial charge is 0.334 e. The molecule has 2 aromatic carbocycles. The van der Waals surface area contributed by atoms with E-state index in [0.29, 0.717) is 16.5 Å². The number of anilines is 2. The van der Waals surface area contributed by atoms with Gasteiger partial charge >= 0.3 is 0 Å². The Morgan fingerprint density at radius 2 is 1.90 bits per heavy atom. The van der Waals surface area contributed by atoms with Gasteiger partial charge in [-0.25, -0.2) is 0 Å². The normalized spacial score (nSPS) is 14.2. The summed E-state index contributed by atoms with van der Waals surface area (Å²) < 4.78 is 0. The second-order valence-electron chi connectivity index (χ2n) is 7.02. The van der Waals surface area contributed by atoms with Crippen molar-refractivity contribution >= 4 is 34.7 Å². The summed E-state index contributed by atoms with van der Waals surface area (Å²) in [5.41, 5.74) is 4.88. The molecule has 0 spiro atoms. The third-order valence-electron chi connectivity index (χ3n) is 5.01. The fourth-order valence-electron chi connectivity index (χ4n) is 3.37. The summed E-state index contributed by atoms with van der Waals surface area (Å²) in [7, 11) is 1.76. The van der Waals surface area contributed by atoms with Crippen molar-refractivity contribution in [1.82, 2.24) is 20.2 Å². The summed E-state index contributed by atoms with van der Waals surface area (Å²) in [5, 5.41) is 15.7. The van der Waals surface area contributed by atoms with E-state index in [4.69, 9.17) is 11.6 Å². The van der Waals surface area contributed by atoms with Crippen molar-refractivity contribution in [2.75, 3.05) is 23.3 Å². The molecule has 3 aromatic rings. The molecule has 0 atom stereocenters. The minimum atomic E-state index is -0.226. The number of aromatic nitrogens is 4. The Balaban J connectivity index is 1.49. The fraction of sp³-hybridized carbons (Fsp3) is 0.238. The molecule has 1 N–H and O–H groups in total. The molecule has 1 aromatic heterocycles. The lowest BCUT2D eigenvalue weighted by Crippen LogP contribution is -2.31. The highest BCUT2D eigenvalue weighted by Gasteiger charge is 2.21. The molecule has 4 rings (SSSR count). The second kappa shape index (κ2) is 8.05. The van der Waals surface area contributed by atoms with Gasteiger partial charge in [0.1, 0.15) is 0 Å². The molecule has 1 aliphatic rings. The van der Waals surface area contributed by atoms with Crippen LogP contribution in [0.2, 0.25) is 5.02 Å². The maximum atomic E-state index is 12.4. The van der Waals surface area contributed by atoms with Crippen LogP contribution in [-0.2, 0) is 7.05 Å². The van der Waals surface area contributed by atoms with Crippen LogP contribution in [0.5, 0.6) is 0 Å². The number of amides is 1. The summed E-state index contributed by atoms with van der Waals surface area (Å²) in [6.07, 6.45) is 0.943. The van der Waals surface area contributed by atoms with Gasteiger partial charge in [-0.05, 0) is 54.0 Å². The van der Waals surface area contributed by atoms with Crippen LogP contribution in [0.3, 0.4) is 0 Å². The maximum absolute atomic E-state index is 12.4. The zero-order valence-electron chi connectivity index (χ0n) is 16.3. The molecule has 2 heterocycles. The Hall–Kier alpha value is -3.19. The molecule has 0 unspecified atom stereocenters. The molecule has 0 aliphatic carbocycles. The van der Waals surface area contributed by atoms with E-state index < -0.39 is 0 Å². The lowest BCUT2D eigenvalue weighted by atomic mass is 9.95. The molecule has 1 amide bonds. The van der Waals surface area contributed by atoms with Gasteiger partial charge in [0, 0.05) is 18.8 Å². The molecule has 1 aliphatic heterocycles. The first-order chi connectivity index (χ1) is 14.0. The van der Waals surface area contributed by atoms with Gasteiger partial charge in [-0.2, -0.15) is 4.80 Å². The van der Waals surface area contributed by atoms with E-state index >= 15 is 0 Å². The van der Waals surface area contributed by atoms with Gasteiger partial charge in [0.2, 0.25) is 0 Å². The van der Waals surface area contributed by atoms with Crippen molar-refractivity contribution in [3.05, 3.63) is 70.3 Å². The number of carbonyl (C=O) groups excluding carboxylic acids is 1. The van der Waals surface area contributed by atoms with Gasteiger partial charge in [0.25, 0.3) is 11.9 Å². The van der Waals surface area contributed by atoms with Crippen molar-refractivity contribution < 1.29 is 4.79 Å². The van der Waals surface area contributed by atoms with Crippen LogP contribution in [0.1, 0.15) is 29.3 Å². The van der Waals surface area contributed by atoms with Crippen LogP contribution in [0.25, 0.3) is 5.57 Å². The van der Waals surface area contributed by atoms with Crippen molar-refractivity contribution in [1.29, 1.82) is 0 Å². The summed E-state index contributed by atoms with van der Waals surface area (Å²) in [5.74, 6) is 0.414. The zero-order valence-corrected chi connectivity index (χ0v) is 17.0. The summed E-state index contributed by atoms with van der Waals surface area (Å²) in [4.78, 5) is 16.0. The average molecular weight is 409 g/mol. The van der Waals surface area contributed by atoms with Gasteiger partial charge in [-0.1, -0.05) is 46.5 Å². The Kier molecular flexibility index (Phi) is 5.31. The Morgan fingerprint density at radius 3 is 2.59 bits per heavy atom. The maximum Gasteiger partial charge on any atom is 0.266 e. The van der Waals surface area contributed by atoms with E-state index in [1.54, 1.807) is 31.3 Å². The van der Waals surface area contributed by atoms with Crippen LogP contribution in [0, 0.1) is 0 Å². The SMILES string of the molecule is CC1=C(c2ccc(NC(=O)c3ccccc3Cl)cc2)CN(c2nnn(C)n2)CC1. The van der Waals surface area contributed by atoms with E-state index in [0.717, 1.165) is 30.8 Å². The Labute approximate surface area is 174 Å². The minimum absolute atomic E-state index is 0.226. The van der Waals surface area contributed by atoms with Crippen LogP contribution >= 0.6 is 11.6 Å². The summed E-state index contributed by atoms with van der Waals surface area (Å²) in [6.45, 7) is 3.75. The third kappa shape index (κ3) is 4.14. The molecule has 29 heavy (non-hydrogen) atoms. The molecule has 0 fully saturated rings. The van der Waals surface area contributed by atoms with E-state index in [9.17, 15) is 4.79 Å². The Morgan fingerprint density at radius 1 is 1.14 bits per heavy atom. The quantitative estimate of drug-likeness (QED) is 0.710. The van der Waals surface area contributed by atoms with Crippen molar-refractivity contribution in [2.24, 2.45) is 7.05 Å². The van der Waals surface area contributed by atoms with Crippen LogP contribution in [0.4, 0.5) is 11.6 Å². The molecule has 0 radical (unpaired) electrons. The highest BCUT2D eigenvalue weighted by molar-refractivity contribution is 6.34. The van der Waals surface area contributed by atoms with Gasteiger partial charge in [0.15, 0.2) is 0 Å². The molecule has 148 valence electrons. The number of hydrogen-bond acceptors (Lipinski definition) is 5. The molecule has 0 bridgehead atoms. The van der Waals surface area contributed by atoms with Crippen LogP contribution in [-0.4, -0.2) is 39.2 Å². The van der Waals surface area contributed by atoms with E-state index in [1.165, 1.54) is 15.9 Å². The lowest BCUT2D eigenvalue weighted by molar-refractivity contribution is 0.102. The summed E-state index contributed by atoms with van der Waals surface area (Å²) in [6, 6.07) is 14.9. The number of halogens is 1. The highest BCUT2D eigenvalue weighted by Crippen LogP contribution is 2.29. The lowest BCUT2D eigenvalue weighted by Gasteiger charge is -2.29. The highest BCUT2D eigenvalue weighted by atomic mass is 35.5. The monoisotopic (exact) mass is 408 g/mol. The standard InChI is InChI=1S/C21H21ClN6O/c1-14-11-12-28(21-24-26-27(2)25-21)13-18(14)15-7-9-16(10-8-15)23-20(29)17-5-3-4-6-19(17)22/h3-10H,11-13H2,1-2H3,(H,23,29). The summed E-state index contributed by atoms with van der Waals surface area (Å²) >= 11 is 6.11. The van der Waals surface area contributed by atoms with E-state index in [-0.39, 0.29) is 5.91 Å². The van der Waals surface area contributed by atoms with Gasteiger partial charge in [-0.15, -0.1) is 5.10 Å². The Bertz CT molecular complexity index is 1070. The predicted octanol–water partition coefficient (Wildman–Crippen LogP) is 3.80. The van der Waals surface area contributed by atoms with Gasteiger partial charge < -0.3 is 10.2 Å². The van der Waals surface area contributed by atoms with Crippen molar-refractivity contribution in [3.63, 3.8) is 0 Å². The first kappa shape index (κ1) is 19.1. The van der Waals surface area contributed by atoms with Gasteiger partial charge in [-0.3, -0.25) is 4.79 Å². The smallest absolute Gasteiger partial charge is 0.266 e. The number of rotatable bonds is 4. The number of carbonyl (C=O) groups is 1. The second-order valence-corrected chi connectivity index (χ2v) is 7.43. The van der Waals surface area contributed by atoms with Gasteiger partial charge in [0.05, 0.1) is 17.6 Å². The topological polar surface area (TPSA) is 75.9 Å². The van der Waals surface area contributed by atoms with E-state index in [1.807, 2.05) is 24.3 Å². The molecule has 0 saturated carbocycles. The first-order valence-corrected chi connectivity index (χ1v) is 9.73. The number of nitrogens with one attached hydrogen (secondary N) is 1.